The fourth-order valence-corrected chi connectivity index (χ4v) is 3.29. The van der Waals surface area contributed by atoms with Gasteiger partial charge in [-0.1, -0.05) is 13.2 Å². The van der Waals surface area contributed by atoms with Gasteiger partial charge in [0.2, 0.25) is 11.8 Å². The van der Waals surface area contributed by atoms with E-state index in [0.717, 1.165) is 52.1 Å². The van der Waals surface area contributed by atoms with Crippen molar-refractivity contribution in [2.24, 2.45) is 11.8 Å². The molecule has 1 rings (SSSR count). The van der Waals surface area contributed by atoms with E-state index in [2.05, 4.69) is 23.8 Å². The summed E-state index contributed by atoms with van der Waals surface area (Å²) in [6.45, 7) is 11.4. The van der Waals surface area contributed by atoms with Gasteiger partial charge in [-0.15, -0.1) is 0 Å². The highest BCUT2D eigenvalue weighted by Gasteiger charge is 2.21. The monoisotopic (exact) mass is 394 g/mol. The molecule has 0 bridgehead atoms. The molecule has 0 aromatic carbocycles. The van der Waals surface area contributed by atoms with Crippen LogP contribution in [0, 0.1) is 11.8 Å². The summed E-state index contributed by atoms with van der Waals surface area (Å²) < 4.78 is 11.6. The molecule has 0 aromatic heterocycles. The van der Waals surface area contributed by atoms with Gasteiger partial charge in [0.15, 0.2) is 0 Å². The SMILES string of the molecule is C=CC(=O)NCCCCOCC1CCC(COCCCCNC(=O)C=C)CC1. The molecule has 0 unspecified atom stereocenters. The lowest BCUT2D eigenvalue weighted by Crippen LogP contribution is -2.23. The van der Waals surface area contributed by atoms with Crippen molar-refractivity contribution in [3.8, 4) is 0 Å². The molecule has 1 aliphatic carbocycles. The topological polar surface area (TPSA) is 76.7 Å². The van der Waals surface area contributed by atoms with Crippen LogP contribution in [0.3, 0.4) is 0 Å². The van der Waals surface area contributed by atoms with Crippen molar-refractivity contribution >= 4 is 11.8 Å². The first-order chi connectivity index (χ1) is 13.7. The number of ether oxygens (including phenoxy) is 2. The molecule has 1 fully saturated rings. The second-order valence-corrected chi connectivity index (χ2v) is 7.44. The number of rotatable bonds is 16. The zero-order valence-corrected chi connectivity index (χ0v) is 17.3. The maximum atomic E-state index is 11.0. The lowest BCUT2D eigenvalue weighted by molar-refractivity contribution is -0.117. The summed E-state index contributed by atoms with van der Waals surface area (Å²) >= 11 is 0. The molecule has 0 aromatic rings. The van der Waals surface area contributed by atoms with Crippen LogP contribution in [0.25, 0.3) is 0 Å². The van der Waals surface area contributed by atoms with Crippen molar-refractivity contribution in [3.05, 3.63) is 25.3 Å². The third kappa shape index (κ3) is 12.7. The van der Waals surface area contributed by atoms with Crippen LogP contribution in [-0.4, -0.2) is 51.3 Å². The summed E-state index contributed by atoms with van der Waals surface area (Å²) in [7, 11) is 0. The highest BCUT2D eigenvalue weighted by molar-refractivity contribution is 5.87. The van der Waals surface area contributed by atoms with E-state index in [1.807, 2.05) is 0 Å². The molecule has 0 aliphatic heterocycles. The summed E-state index contributed by atoms with van der Waals surface area (Å²) in [4.78, 5) is 22.0. The zero-order chi connectivity index (χ0) is 20.5. The molecule has 0 spiro atoms. The summed E-state index contributed by atoms with van der Waals surface area (Å²) in [5.74, 6) is 1.12. The minimum Gasteiger partial charge on any atom is -0.381 e. The molecular weight excluding hydrogens is 356 g/mol. The average molecular weight is 395 g/mol. The Labute approximate surface area is 170 Å². The van der Waals surface area contributed by atoms with Crippen LogP contribution in [0.4, 0.5) is 0 Å². The molecule has 28 heavy (non-hydrogen) atoms. The van der Waals surface area contributed by atoms with Gasteiger partial charge in [-0.05, 0) is 75.4 Å². The fraction of sp³-hybridized carbons (Fsp3) is 0.727. The van der Waals surface area contributed by atoms with Crippen LogP contribution in [0.1, 0.15) is 51.4 Å². The van der Waals surface area contributed by atoms with Crippen LogP contribution in [0.2, 0.25) is 0 Å². The Hall–Kier alpha value is -1.66. The molecule has 1 saturated carbocycles. The summed E-state index contributed by atoms with van der Waals surface area (Å²) in [5.41, 5.74) is 0. The van der Waals surface area contributed by atoms with Crippen molar-refractivity contribution in [3.63, 3.8) is 0 Å². The second kappa shape index (κ2) is 16.3. The number of carbonyl (C=O) groups excluding carboxylic acids is 2. The molecule has 0 heterocycles. The lowest BCUT2D eigenvalue weighted by atomic mass is 9.83. The number of carbonyl (C=O) groups is 2. The summed E-state index contributed by atoms with van der Waals surface area (Å²) in [5, 5.41) is 5.54. The number of nitrogens with one attached hydrogen (secondary N) is 2. The molecule has 2 amide bonds. The molecule has 0 atom stereocenters. The maximum absolute atomic E-state index is 11.0. The standard InChI is InChI=1S/C22H38N2O4/c1-3-21(25)23-13-5-7-15-27-17-19-9-11-20(12-10-19)18-28-16-8-6-14-24-22(26)4-2/h3-4,19-20H,1-2,5-18H2,(H,23,25)(H,24,26). The predicted molar refractivity (Wildman–Crippen MR) is 112 cm³/mol. The molecule has 2 N–H and O–H groups in total. The largest absolute Gasteiger partial charge is 0.381 e. The molecule has 160 valence electrons. The molecule has 0 radical (unpaired) electrons. The molecular formula is C22H38N2O4. The first kappa shape index (κ1) is 24.4. The van der Waals surface area contributed by atoms with Gasteiger partial charge >= 0.3 is 0 Å². The van der Waals surface area contributed by atoms with Crippen LogP contribution in [0.5, 0.6) is 0 Å². The van der Waals surface area contributed by atoms with Gasteiger partial charge in [0.25, 0.3) is 0 Å². The normalized spacial score (nSPS) is 19.0. The van der Waals surface area contributed by atoms with Gasteiger partial charge in [-0.25, -0.2) is 0 Å². The van der Waals surface area contributed by atoms with Crippen molar-refractivity contribution in [1.82, 2.24) is 10.6 Å². The van der Waals surface area contributed by atoms with Gasteiger partial charge in [-0.3, -0.25) is 9.59 Å². The number of unbranched alkanes of at least 4 members (excludes halogenated alkanes) is 2. The fourth-order valence-electron chi connectivity index (χ4n) is 3.29. The van der Waals surface area contributed by atoms with E-state index in [-0.39, 0.29) is 11.8 Å². The lowest BCUT2D eigenvalue weighted by Gasteiger charge is -2.28. The molecule has 6 nitrogen and oxygen atoms in total. The zero-order valence-electron chi connectivity index (χ0n) is 17.3. The van der Waals surface area contributed by atoms with Gasteiger partial charge in [0, 0.05) is 39.5 Å². The van der Waals surface area contributed by atoms with Gasteiger partial charge in [0.1, 0.15) is 0 Å². The van der Waals surface area contributed by atoms with Crippen LogP contribution < -0.4 is 10.6 Å². The Kier molecular flexibility index (Phi) is 14.2. The Balaban J connectivity index is 1.88. The van der Waals surface area contributed by atoms with Crippen molar-refractivity contribution < 1.29 is 19.1 Å². The van der Waals surface area contributed by atoms with E-state index < -0.39 is 0 Å². The smallest absolute Gasteiger partial charge is 0.243 e. The van der Waals surface area contributed by atoms with E-state index in [0.29, 0.717) is 24.9 Å². The van der Waals surface area contributed by atoms with Crippen molar-refractivity contribution in [2.75, 3.05) is 39.5 Å². The van der Waals surface area contributed by atoms with E-state index in [1.54, 1.807) is 0 Å². The summed E-state index contributed by atoms with van der Waals surface area (Å²) in [6, 6.07) is 0. The number of hydrogen-bond acceptors (Lipinski definition) is 4. The molecule has 1 aliphatic rings. The van der Waals surface area contributed by atoms with E-state index in [1.165, 1.54) is 37.8 Å². The van der Waals surface area contributed by atoms with Crippen LogP contribution in [0.15, 0.2) is 25.3 Å². The van der Waals surface area contributed by atoms with Crippen LogP contribution in [-0.2, 0) is 19.1 Å². The van der Waals surface area contributed by atoms with Gasteiger partial charge in [-0.2, -0.15) is 0 Å². The van der Waals surface area contributed by atoms with Gasteiger partial charge < -0.3 is 20.1 Å². The highest BCUT2D eigenvalue weighted by atomic mass is 16.5. The van der Waals surface area contributed by atoms with E-state index >= 15 is 0 Å². The highest BCUT2D eigenvalue weighted by Crippen LogP contribution is 2.29. The minimum absolute atomic E-state index is 0.112. The third-order valence-electron chi connectivity index (χ3n) is 5.07. The molecule has 6 heteroatoms. The quantitative estimate of drug-likeness (QED) is 0.312. The minimum atomic E-state index is -0.112. The van der Waals surface area contributed by atoms with Gasteiger partial charge in [0.05, 0.1) is 0 Å². The average Bonchev–Trinajstić information content (AvgIpc) is 2.72. The Morgan fingerprint density at radius 1 is 0.750 bits per heavy atom. The van der Waals surface area contributed by atoms with Crippen molar-refractivity contribution in [1.29, 1.82) is 0 Å². The Bertz CT molecular complexity index is 417. The Morgan fingerprint density at radius 3 is 1.50 bits per heavy atom. The molecule has 0 saturated heterocycles. The second-order valence-electron chi connectivity index (χ2n) is 7.44. The maximum Gasteiger partial charge on any atom is 0.243 e. The van der Waals surface area contributed by atoms with Crippen LogP contribution >= 0.6 is 0 Å². The predicted octanol–water partition coefficient (Wildman–Crippen LogP) is 2.99. The van der Waals surface area contributed by atoms with E-state index in [9.17, 15) is 9.59 Å². The first-order valence-corrected chi connectivity index (χ1v) is 10.6. The first-order valence-electron chi connectivity index (χ1n) is 10.6. The third-order valence-corrected chi connectivity index (χ3v) is 5.07. The Morgan fingerprint density at radius 2 is 1.14 bits per heavy atom. The number of amides is 2. The summed E-state index contributed by atoms with van der Waals surface area (Å²) in [6.07, 6.45) is 11.3. The number of hydrogen-bond donors (Lipinski definition) is 2. The van der Waals surface area contributed by atoms with E-state index in [4.69, 9.17) is 9.47 Å². The van der Waals surface area contributed by atoms with Crippen molar-refractivity contribution in [2.45, 2.75) is 51.4 Å².